The summed E-state index contributed by atoms with van der Waals surface area (Å²) in [6, 6.07) is 0. The first-order valence-corrected chi connectivity index (χ1v) is 7.45. The number of aromatic nitrogens is 2. The number of methoxy groups -OCH3 is 1. The van der Waals surface area contributed by atoms with Gasteiger partial charge in [-0.15, -0.1) is 0 Å². The third-order valence-corrected chi connectivity index (χ3v) is 4.09. The van der Waals surface area contributed by atoms with Gasteiger partial charge < -0.3 is 14.0 Å². The maximum atomic E-state index is 12.4. The van der Waals surface area contributed by atoms with Crippen LogP contribution in [-0.2, 0) is 27.9 Å². The Morgan fingerprint density at radius 1 is 1.52 bits per heavy atom. The van der Waals surface area contributed by atoms with Crippen LogP contribution in [0.1, 0.15) is 25.5 Å². The monoisotopic (exact) mass is 295 g/mol. The Morgan fingerprint density at radius 2 is 2.33 bits per heavy atom. The molecular weight excluding hydrogens is 270 g/mol. The molecule has 0 saturated carbocycles. The molecule has 0 aliphatic carbocycles. The van der Waals surface area contributed by atoms with Crippen molar-refractivity contribution in [3.05, 3.63) is 18.2 Å². The van der Waals surface area contributed by atoms with E-state index in [1.54, 1.807) is 13.4 Å². The fourth-order valence-electron chi connectivity index (χ4n) is 3.03. The van der Waals surface area contributed by atoms with Crippen molar-refractivity contribution in [1.82, 2.24) is 14.5 Å². The van der Waals surface area contributed by atoms with E-state index in [0.29, 0.717) is 19.8 Å². The van der Waals surface area contributed by atoms with E-state index in [-0.39, 0.29) is 5.97 Å². The van der Waals surface area contributed by atoms with Gasteiger partial charge >= 0.3 is 5.97 Å². The Balaban J connectivity index is 2.09. The second-order valence-electron chi connectivity index (χ2n) is 5.74. The van der Waals surface area contributed by atoms with E-state index in [1.165, 1.54) is 0 Å². The minimum atomic E-state index is -0.540. The number of hydrogen-bond acceptors (Lipinski definition) is 5. The fourth-order valence-corrected chi connectivity index (χ4v) is 3.03. The third kappa shape index (κ3) is 3.63. The van der Waals surface area contributed by atoms with Crippen molar-refractivity contribution in [2.75, 3.05) is 33.4 Å². The molecular formula is C15H25N3O3. The van der Waals surface area contributed by atoms with Crippen LogP contribution in [-0.4, -0.2) is 53.8 Å². The van der Waals surface area contributed by atoms with Gasteiger partial charge in [0.15, 0.2) is 0 Å². The van der Waals surface area contributed by atoms with Crippen LogP contribution in [0.15, 0.2) is 12.5 Å². The molecule has 1 fully saturated rings. The number of esters is 1. The van der Waals surface area contributed by atoms with Crippen molar-refractivity contribution < 1.29 is 14.3 Å². The Morgan fingerprint density at radius 3 is 2.95 bits per heavy atom. The summed E-state index contributed by atoms with van der Waals surface area (Å²) in [5, 5.41) is 0. The highest BCUT2D eigenvalue weighted by atomic mass is 16.5. The van der Waals surface area contributed by atoms with Gasteiger partial charge in [0.05, 0.1) is 25.2 Å². The summed E-state index contributed by atoms with van der Waals surface area (Å²) in [6.07, 6.45) is 5.46. The first kappa shape index (κ1) is 16.0. The second kappa shape index (κ2) is 7.04. The zero-order chi connectivity index (χ0) is 15.3. The largest absolute Gasteiger partial charge is 0.465 e. The molecule has 2 rings (SSSR count). The highest BCUT2D eigenvalue weighted by Crippen LogP contribution is 2.32. The van der Waals surface area contributed by atoms with E-state index in [1.807, 2.05) is 24.7 Å². The smallest absolute Gasteiger partial charge is 0.315 e. The number of ether oxygens (including phenoxy) is 2. The predicted molar refractivity (Wildman–Crippen MR) is 78.7 cm³/mol. The first-order chi connectivity index (χ1) is 10.1. The molecule has 0 N–H and O–H groups in total. The molecule has 2 heterocycles. The highest BCUT2D eigenvalue weighted by Gasteiger charge is 2.43. The number of rotatable bonds is 6. The highest BCUT2D eigenvalue weighted by molar-refractivity contribution is 5.77. The standard InChI is InChI=1S/C15H25N3O3/c1-4-21-14(19)15(11-20-3)6-5-7-18(10-15)9-13-8-16-12-17(13)2/h8,12H,4-7,9-11H2,1-3H3. The van der Waals surface area contributed by atoms with Crippen molar-refractivity contribution in [3.8, 4) is 0 Å². The normalized spacial score (nSPS) is 23.2. The molecule has 1 aromatic heterocycles. The van der Waals surface area contributed by atoms with E-state index in [0.717, 1.165) is 31.6 Å². The van der Waals surface area contributed by atoms with Gasteiger partial charge in [0.2, 0.25) is 0 Å². The number of nitrogens with zero attached hydrogens (tertiary/aromatic N) is 3. The lowest BCUT2D eigenvalue weighted by atomic mass is 9.80. The van der Waals surface area contributed by atoms with E-state index in [4.69, 9.17) is 9.47 Å². The van der Waals surface area contributed by atoms with E-state index in [2.05, 4.69) is 9.88 Å². The van der Waals surface area contributed by atoms with Crippen molar-refractivity contribution in [1.29, 1.82) is 0 Å². The van der Waals surface area contributed by atoms with Crippen molar-refractivity contribution in [3.63, 3.8) is 0 Å². The lowest BCUT2D eigenvalue weighted by Crippen LogP contribution is -2.50. The van der Waals surface area contributed by atoms with E-state index >= 15 is 0 Å². The van der Waals surface area contributed by atoms with Crippen molar-refractivity contribution in [2.45, 2.75) is 26.3 Å². The number of carbonyl (C=O) groups excluding carboxylic acids is 1. The number of piperidine rings is 1. The van der Waals surface area contributed by atoms with Crippen LogP contribution >= 0.6 is 0 Å². The number of aryl methyl sites for hydroxylation is 1. The van der Waals surface area contributed by atoms with Crippen LogP contribution in [0.5, 0.6) is 0 Å². The Kier molecular flexibility index (Phi) is 5.36. The molecule has 1 atom stereocenters. The molecule has 21 heavy (non-hydrogen) atoms. The lowest BCUT2D eigenvalue weighted by Gasteiger charge is -2.40. The van der Waals surface area contributed by atoms with Gasteiger partial charge in [0.25, 0.3) is 0 Å². The molecule has 1 unspecified atom stereocenters. The topological polar surface area (TPSA) is 56.6 Å². The van der Waals surface area contributed by atoms with Crippen molar-refractivity contribution >= 4 is 5.97 Å². The van der Waals surface area contributed by atoms with Crippen LogP contribution in [0.4, 0.5) is 0 Å². The summed E-state index contributed by atoms with van der Waals surface area (Å²) < 4.78 is 12.6. The Bertz CT molecular complexity index is 470. The maximum absolute atomic E-state index is 12.4. The number of imidazole rings is 1. The summed E-state index contributed by atoms with van der Waals surface area (Å²) in [4.78, 5) is 18.8. The molecule has 0 aromatic carbocycles. The zero-order valence-electron chi connectivity index (χ0n) is 13.2. The minimum Gasteiger partial charge on any atom is -0.465 e. The van der Waals surface area contributed by atoms with Crippen LogP contribution in [0.25, 0.3) is 0 Å². The van der Waals surface area contributed by atoms with Gasteiger partial charge in [-0.2, -0.15) is 0 Å². The van der Waals surface area contributed by atoms with Crippen LogP contribution in [0.3, 0.4) is 0 Å². The van der Waals surface area contributed by atoms with Crippen molar-refractivity contribution in [2.24, 2.45) is 12.5 Å². The number of likely N-dealkylation sites (tertiary alicyclic amines) is 1. The number of carbonyl (C=O) groups is 1. The van der Waals surface area contributed by atoms with Gasteiger partial charge in [-0.1, -0.05) is 0 Å². The molecule has 6 heteroatoms. The summed E-state index contributed by atoms with van der Waals surface area (Å²) in [5.74, 6) is -0.137. The first-order valence-electron chi connectivity index (χ1n) is 7.45. The quantitative estimate of drug-likeness (QED) is 0.738. The predicted octanol–water partition coefficient (Wildman–Crippen LogP) is 1.21. The molecule has 0 bridgehead atoms. The van der Waals surface area contributed by atoms with Gasteiger partial charge in [0, 0.05) is 33.4 Å². The van der Waals surface area contributed by atoms with Crippen LogP contribution in [0, 0.1) is 5.41 Å². The molecule has 118 valence electrons. The van der Waals surface area contributed by atoms with Gasteiger partial charge in [-0.3, -0.25) is 9.69 Å². The zero-order valence-corrected chi connectivity index (χ0v) is 13.2. The van der Waals surface area contributed by atoms with Gasteiger partial charge in [0.1, 0.15) is 5.41 Å². The SMILES string of the molecule is CCOC(=O)C1(COC)CCCN(Cc2cncn2C)C1. The summed E-state index contributed by atoms with van der Waals surface area (Å²) in [7, 11) is 3.63. The molecule has 1 saturated heterocycles. The maximum Gasteiger partial charge on any atom is 0.315 e. The molecule has 0 spiro atoms. The lowest BCUT2D eigenvalue weighted by molar-refractivity contribution is -0.163. The molecule has 0 radical (unpaired) electrons. The van der Waals surface area contributed by atoms with E-state index < -0.39 is 5.41 Å². The molecule has 0 amide bonds. The summed E-state index contributed by atoms with van der Waals surface area (Å²) in [5.41, 5.74) is 0.605. The fraction of sp³-hybridized carbons (Fsp3) is 0.733. The summed E-state index contributed by atoms with van der Waals surface area (Å²) >= 11 is 0. The Hall–Kier alpha value is -1.40. The molecule has 1 aliphatic heterocycles. The molecule has 1 aromatic rings. The number of hydrogen-bond donors (Lipinski definition) is 0. The molecule has 1 aliphatic rings. The summed E-state index contributed by atoms with van der Waals surface area (Å²) in [6.45, 7) is 5.11. The third-order valence-electron chi connectivity index (χ3n) is 4.09. The minimum absolute atomic E-state index is 0.137. The van der Waals surface area contributed by atoms with E-state index in [9.17, 15) is 4.79 Å². The van der Waals surface area contributed by atoms with Gasteiger partial charge in [-0.05, 0) is 26.3 Å². The van der Waals surface area contributed by atoms with Crippen LogP contribution in [0.2, 0.25) is 0 Å². The average Bonchev–Trinajstić information content (AvgIpc) is 2.85. The second-order valence-corrected chi connectivity index (χ2v) is 5.74. The van der Waals surface area contributed by atoms with Crippen LogP contribution < -0.4 is 0 Å². The molecule has 6 nitrogen and oxygen atoms in total. The average molecular weight is 295 g/mol. The van der Waals surface area contributed by atoms with Gasteiger partial charge in [-0.25, -0.2) is 4.98 Å². The Labute approximate surface area is 126 Å².